The number of ether oxygens (including phenoxy) is 1. The highest BCUT2D eigenvalue weighted by atomic mass is 32.2. The molecule has 112 valence electrons. The van der Waals surface area contributed by atoms with Crippen molar-refractivity contribution in [2.75, 3.05) is 12.0 Å². The zero-order valence-electron chi connectivity index (χ0n) is 12.9. The van der Waals surface area contributed by atoms with Crippen molar-refractivity contribution in [2.45, 2.75) is 46.0 Å². The lowest BCUT2D eigenvalue weighted by Crippen LogP contribution is -2.10. The van der Waals surface area contributed by atoms with Gasteiger partial charge in [0.1, 0.15) is 5.76 Å². The fourth-order valence-corrected chi connectivity index (χ4v) is 2.32. The molecule has 1 aliphatic rings. The Morgan fingerprint density at radius 1 is 1.30 bits per heavy atom. The summed E-state index contributed by atoms with van der Waals surface area (Å²) in [5.41, 5.74) is 1.35. The molecular formula is C17H26O2S. The second-order valence-corrected chi connectivity index (χ2v) is 6.31. The third-order valence-electron chi connectivity index (χ3n) is 3.13. The number of esters is 1. The van der Waals surface area contributed by atoms with Crippen LogP contribution in [0.2, 0.25) is 0 Å². The molecule has 0 amide bonds. The minimum absolute atomic E-state index is 0.0893. The van der Waals surface area contributed by atoms with E-state index in [1.807, 2.05) is 37.8 Å². The van der Waals surface area contributed by atoms with Crippen LogP contribution in [0.5, 0.6) is 0 Å². The molecule has 0 fully saturated rings. The highest BCUT2D eigenvalue weighted by Gasteiger charge is 2.10. The van der Waals surface area contributed by atoms with E-state index < -0.39 is 0 Å². The first-order chi connectivity index (χ1) is 9.63. The van der Waals surface area contributed by atoms with Crippen LogP contribution in [0.4, 0.5) is 0 Å². The van der Waals surface area contributed by atoms with E-state index in [9.17, 15) is 4.79 Å². The van der Waals surface area contributed by atoms with Crippen LogP contribution >= 0.6 is 11.8 Å². The molecule has 0 bridgehead atoms. The Balaban J connectivity index is 2.64. The maximum absolute atomic E-state index is 11.7. The van der Waals surface area contributed by atoms with Gasteiger partial charge in [0, 0.05) is 0 Å². The van der Waals surface area contributed by atoms with Crippen molar-refractivity contribution in [2.24, 2.45) is 5.92 Å². The minimum Gasteiger partial charge on any atom is -0.427 e. The molecule has 1 aliphatic carbocycles. The average Bonchev–Trinajstić information content (AvgIpc) is 2.52. The van der Waals surface area contributed by atoms with Gasteiger partial charge >= 0.3 is 5.97 Å². The van der Waals surface area contributed by atoms with Crippen molar-refractivity contribution in [3.05, 3.63) is 35.6 Å². The van der Waals surface area contributed by atoms with Crippen LogP contribution in [0, 0.1) is 5.92 Å². The normalized spacial score (nSPS) is 18.6. The van der Waals surface area contributed by atoms with E-state index in [0.29, 0.717) is 5.76 Å². The Labute approximate surface area is 127 Å². The zero-order valence-corrected chi connectivity index (χ0v) is 13.7. The minimum atomic E-state index is -0.159. The second kappa shape index (κ2) is 9.87. The number of allylic oxidation sites excluding steroid dienone is 5. The van der Waals surface area contributed by atoms with Gasteiger partial charge in [0.25, 0.3) is 0 Å². The molecule has 0 saturated carbocycles. The van der Waals surface area contributed by atoms with Crippen LogP contribution < -0.4 is 0 Å². The Morgan fingerprint density at radius 2 is 2.05 bits per heavy atom. The predicted octanol–water partition coefficient (Wildman–Crippen LogP) is 4.88. The lowest BCUT2D eigenvalue weighted by molar-refractivity contribution is -0.142. The zero-order chi connectivity index (χ0) is 14.8. The number of carbonyl (C=O) groups is 1. The predicted molar refractivity (Wildman–Crippen MR) is 87.7 cm³/mol. The maximum Gasteiger partial charge on any atom is 0.313 e. The fourth-order valence-electron chi connectivity index (χ4n) is 1.89. The molecule has 2 nitrogen and oxygen atoms in total. The van der Waals surface area contributed by atoms with Crippen LogP contribution in [0.3, 0.4) is 0 Å². The summed E-state index contributed by atoms with van der Waals surface area (Å²) in [6, 6.07) is 0. The lowest BCUT2D eigenvalue weighted by atomic mass is 10.1. The summed E-state index contributed by atoms with van der Waals surface area (Å²) >= 11 is 1.88. The van der Waals surface area contributed by atoms with Gasteiger partial charge < -0.3 is 4.74 Å². The van der Waals surface area contributed by atoms with E-state index in [-0.39, 0.29) is 11.9 Å². The summed E-state index contributed by atoms with van der Waals surface area (Å²) in [7, 11) is 0. The quantitative estimate of drug-likeness (QED) is 0.516. The summed E-state index contributed by atoms with van der Waals surface area (Å²) in [5, 5.41) is 0. The van der Waals surface area contributed by atoms with Crippen molar-refractivity contribution in [1.29, 1.82) is 0 Å². The molecule has 0 atom stereocenters. The molecule has 0 radical (unpaired) electrons. The first-order valence-corrected chi connectivity index (χ1v) is 8.80. The smallest absolute Gasteiger partial charge is 0.313 e. The highest BCUT2D eigenvalue weighted by Crippen LogP contribution is 2.17. The van der Waals surface area contributed by atoms with Crippen LogP contribution in [0.1, 0.15) is 46.0 Å². The van der Waals surface area contributed by atoms with Gasteiger partial charge in [-0.2, -0.15) is 11.8 Å². The van der Waals surface area contributed by atoms with Gasteiger partial charge in [0.2, 0.25) is 0 Å². The van der Waals surface area contributed by atoms with E-state index in [0.717, 1.165) is 25.7 Å². The van der Waals surface area contributed by atoms with Gasteiger partial charge in [-0.05, 0) is 56.3 Å². The highest BCUT2D eigenvalue weighted by molar-refractivity contribution is 7.98. The van der Waals surface area contributed by atoms with Crippen LogP contribution in [0.25, 0.3) is 0 Å². The number of hydrogen-bond donors (Lipinski definition) is 0. The van der Waals surface area contributed by atoms with Gasteiger partial charge in [-0.25, -0.2) is 0 Å². The molecule has 3 heteroatoms. The van der Waals surface area contributed by atoms with E-state index in [4.69, 9.17) is 4.74 Å². The maximum atomic E-state index is 11.7. The number of rotatable bonds is 6. The largest absolute Gasteiger partial charge is 0.427 e. The Hall–Kier alpha value is -0.960. The Bertz CT molecular complexity index is 392. The topological polar surface area (TPSA) is 26.3 Å². The molecule has 0 aromatic rings. The summed E-state index contributed by atoms with van der Waals surface area (Å²) < 4.78 is 5.42. The number of thioether (sulfide) groups is 1. The van der Waals surface area contributed by atoms with Gasteiger partial charge in [-0.1, -0.05) is 31.6 Å². The molecule has 0 aromatic carbocycles. The summed E-state index contributed by atoms with van der Waals surface area (Å²) in [5.74, 6) is 1.64. The van der Waals surface area contributed by atoms with Gasteiger partial charge in [0.15, 0.2) is 0 Å². The standard InChI is InChI=1S/C17H26O2S/c1-14(2)17(18)19-16-10-6-4-5-8-15(11-12-16)9-7-13-20-3/h8,10-12,14H,4-7,9,13H2,1-3H3/b12-11?,15-8?,16-10-. The van der Waals surface area contributed by atoms with Crippen LogP contribution in [-0.2, 0) is 9.53 Å². The van der Waals surface area contributed by atoms with E-state index in [2.05, 4.69) is 18.4 Å². The van der Waals surface area contributed by atoms with Gasteiger partial charge in [-0.15, -0.1) is 0 Å². The van der Waals surface area contributed by atoms with E-state index in [1.165, 1.54) is 17.7 Å². The van der Waals surface area contributed by atoms with Gasteiger partial charge in [0.05, 0.1) is 5.92 Å². The average molecular weight is 294 g/mol. The SMILES string of the molecule is CSCCCC1=CCCC/C=C(\OC(=O)C(C)C)C=C1. The molecule has 0 N–H and O–H groups in total. The summed E-state index contributed by atoms with van der Waals surface area (Å²) in [4.78, 5) is 11.7. The first kappa shape index (κ1) is 17.1. The third-order valence-corrected chi connectivity index (χ3v) is 3.82. The molecule has 0 saturated heterocycles. The Morgan fingerprint density at radius 3 is 2.75 bits per heavy atom. The van der Waals surface area contributed by atoms with Crippen molar-refractivity contribution in [1.82, 2.24) is 0 Å². The monoisotopic (exact) mass is 294 g/mol. The first-order valence-electron chi connectivity index (χ1n) is 7.41. The number of carbonyl (C=O) groups excluding carboxylic acids is 1. The summed E-state index contributed by atoms with van der Waals surface area (Å²) in [6.45, 7) is 3.71. The molecule has 0 spiro atoms. The second-order valence-electron chi connectivity index (χ2n) is 5.32. The third kappa shape index (κ3) is 6.99. The van der Waals surface area contributed by atoms with Crippen molar-refractivity contribution < 1.29 is 9.53 Å². The van der Waals surface area contributed by atoms with E-state index >= 15 is 0 Å². The molecule has 1 rings (SSSR count). The van der Waals surface area contributed by atoms with Crippen molar-refractivity contribution in [3.63, 3.8) is 0 Å². The van der Waals surface area contributed by atoms with Crippen molar-refractivity contribution in [3.8, 4) is 0 Å². The molecular weight excluding hydrogens is 268 g/mol. The van der Waals surface area contributed by atoms with E-state index in [1.54, 1.807) is 0 Å². The lowest BCUT2D eigenvalue weighted by Gasteiger charge is -2.07. The number of hydrogen-bond acceptors (Lipinski definition) is 3. The molecule has 20 heavy (non-hydrogen) atoms. The Kier molecular flexibility index (Phi) is 8.43. The van der Waals surface area contributed by atoms with Crippen LogP contribution in [0.15, 0.2) is 35.6 Å². The fraction of sp³-hybridized carbons (Fsp3) is 0.588. The summed E-state index contributed by atoms with van der Waals surface area (Å²) in [6.07, 6.45) is 16.0. The molecule has 0 unspecified atom stereocenters. The van der Waals surface area contributed by atoms with Crippen molar-refractivity contribution >= 4 is 17.7 Å². The molecule has 0 aromatic heterocycles. The van der Waals surface area contributed by atoms with Crippen LogP contribution in [-0.4, -0.2) is 18.0 Å². The van der Waals surface area contributed by atoms with Gasteiger partial charge in [-0.3, -0.25) is 4.79 Å². The molecule has 0 heterocycles. The molecule has 0 aliphatic heterocycles.